The lowest BCUT2D eigenvalue weighted by Gasteiger charge is -2.07. The molecule has 1 amide bonds. The summed E-state index contributed by atoms with van der Waals surface area (Å²) in [6, 6.07) is 6.11. The second-order valence-corrected chi connectivity index (χ2v) is 3.87. The van der Waals surface area contributed by atoms with E-state index in [1.807, 2.05) is 13.0 Å². The van der Waals surface area contributed by atoms with Gasteiger partial charge >= 0.3 is 0 Å². The third kappa shape index (κ3) is 4.52. The van der Waals surface area contributed by atoms with Gasteiger partial charge in [0.2, 0.25) is 5.91 Å². The fourth-order valence-electron chi connectivity index (χ4n) is 1.42. The molecule has 0 saturated carbocycles. The monoisotopic (exact) mass is 249 g/mol. The fraction of sp³-hybridized carbons (Fsp3) is 0.385. The van der Waals surface area contributed by atoms with E-state index in [1.165, 1.54) is 18.2 Å². The summed E-state index contributed by atoms with van der Waals surface area (Å²) < 4.78 is 13.4. The van der Waals surface area contributed by atoms with Crippen molar-refractivity contribution < 1.29 is 9.18 Å². The summed E-state index contributed by atoms with van der Waals surface area (Å²) >= 11 is 0. The Labute approximate surface area is 106 Å². The Bertz CT molecular complexity index is 454. The molecule has 0 aromatic heterocycles. The Morgan fingerprint density at radius 1 is 1.50 bits per heavy atom. The molecular formula is C13H16FN3O. The predicted octanol–water partition coefficient (Wildman–Crippen LogP) is 1.31. The largest absolute Gasteiger partial charge is 0.355 e. The van der Waals surface area contributed by atoms with Crippen molar-refractivity contribution in [2.45, 2.75) is 19.9 Å². The van der Waals surface area contributed by atoms with E-state index in [0.717, 1.165) is 6.42 Å². The minimum Gasteiger partial charge on any atom is -0.355 e. The molecule has 4 nitrogen and oxygen atoms in total. The van der Waals surface area contributed by atoms with E-state index in [1.54, 1.807) is 0 Å². The summed E-state index contributed by atoms with van der Waals surface area (Å²) in [6.45, 7) is 2.96. The first-order valence-electron chi connectivity index (χ1n) is 5.83. The zero-order chi connectivity index (χ0) is 13.4. The van der Waals surface area contributed by atoms with Gasteiger partial charge in [0.25, 0.3) is 0 Å². The molecule has 1 aromatic carbocycles. The van der Waals surface area contributed by atoms with Crippen LogP contribution in [0.5, 0.6) is 0 Å². The lowest BCUT2D eigenvalue weighted by molar-refractivity contribution is -0.120. The highest BCUT2D eigenvalue weighted by Crippen LogP contribution is 2.09. The Balaban J connectivity index is 2.44. The molecule has 0 aliphatic carbocycles. The number of rotatable bonds is 6. The molecule has 0 atom stereocenters. The molecule has 0 aliphatic rings. The molecule has 0 spiro atoms. The molecule has 0 fully saturated rings. The van der Waals surface area contributed by atoms with Gasteiger partial charge in [0, 0.05) is 18.7 Å². The third-order valence-electron chi connectivity index (χ3n) is 2.35. The maximum Gasteiger partial charge on any atom is 0.233 e. The van der Waals surface area contributed by atoms with Gasteiger partial charge in [0.05, 0.1) is 18.2 Å². The Morgan fingerprint density at radius 3 is 2.94 bits per heavy atom. The number of nitrogens with one attached hydrogen (secondary N) is 2. The molecule has 18 heavy (non-hydrogen) atoms. The second-order valence-electron chi connectivity index (χ2n) is 3.87. The van der Waals surface area contributed by atoms with E-state index in [0.29, 0.717) is 17.7 Å². The molecule has 0 aliphatic heterocycles. The van der Waals surface area contributed by atoms with Gasteiger partial charge in [-0.1, -0.05) is 6.92 Å². The normalized spacial score (nSPS) is 9.83. The summed E-state index contributed by atoms with van der Waals surface area (Å²) in [5.74, 6) is -0.496. The number of nitrogens with zero attached hydrogens (tertiary/aromatic N) is 1. The van der Waals surface area contributed by atoms with Crippen LogP contribution in [-0.2, 0) is 11.3 Å². The van der Waals surface area contributed by atoms with Crippen LogP contribution in [0.3, 0.4) is 0 Å². The van der Waals surface area contributed by atoms with Crippen LogP contribution >= 0.6 is 0 Å². The fourth-order valence-corrected chi connectivity index (χ4v) is 1.42. The standard InChI is InChI=1S/C13H16FN3O/c1-2-5-17-13(18)9-16-8-11-6-10(7-15)3-4-12(11)14/h3-4,6,16H,2,5,8-9H2,1H3,(H,17,18). The number of nitriles is 1. The van der Waals surface area contributed by atoms with E-state index in [4.69, 9.17) is 5.26 Å². The number of amides is 1. The van der Waals surface area contributed by atoms with Crippen LogP contribution < -0.4 is 10.6 Å². The highest BCUT2D eigenvalue weighted by atomic mass is 19.1. The zero-order valence-electron chi connectivity index (χ0n) is 10.3. The summed E-state index contributed by atoms with van der Waals surface area (Å²) in [4.78, 5) is 11.3. The molecule has 0 heterocycles. The number of hydrogen-bond donors (Lipinski definition) is 2. The van der Waals surface area contributed by atoms with E-state index < -0.39 is 0 Å². The van der Waals surface area contributed by atoms with E-state index in [2.05, 4.69) is 10.6 Å². The zero-order valence-corrected chi connectivity index (χ0v) is 10.3. The van der Waals surface area contributed by atoms with Crippen LogP contribution in [0, 0.1) is 17.1 Å². The van der Waals surface area contributed by atoms with Crippen molar-refractivity contribution in [1.29, 1.82) is 5.26 Å². The van der Waals surface area contributed by atoms with Crippen LogP contribution in [0.1, 0.15) is 24.5 Å². The number of carbonyl (C=O) groups is 1. The minimum atomic E-state index is -0.379. The SMILES string of the molecule is CCCNC(=O)CNCc1cc(C#N)ccc1F. The molecule has 0 saturated heterocycles. The molecule has 0 bridgehead atoms. The van der Waals surface area contributed by atoms with Gasteiger partial charge in [0.1, 0.15) is 5.82 Å². The van der Waals surface area contributed by atoms with Crippen molar-refractivity contribution in [3.63, 3.8) is 0 Å². The van der Waals surface area contributed by atoms with E-state index >= 15 is 0 Å². The first kappa shape index (κ1) is 14.1. The summed E-state index contributed by atoms with van der Waals surface area (Å²) in [6.07, 6.45) is 0.880. The summed E-state index contributed by atoms with van der Waals surface area (Å²) in [5, 5.41) is 14.3. The smallest absolute Gasteiger partial charge is 0.233 e. The molecule has 5 heteroatoms. The van der Waals surface area contributed by atoms with Crippen LogP contribution in [0.15, 0.2) is 18.2 Å². The molecular weight excluding hydrogens is 233 g/mol. The lowest BCUT2D eigenvalue weighted by atomic mass is 10.1. The number of hydrogen-bond acceptors (Lipinski definition) is 3. The Hall–Kier alpha value is -1.93. The first-order valence-corrected chi connectivity index (χ1v) is 5.83. The van der Waals surface area contributed by atoms with Crippen LogP contribution in [0.2, 0.25) is 0 Å². The van der Waals surface area contributed by atoms with Gasteiger partial charge in [-0.25, -0.2) is 4.39 Å². The maximum absolute atomic E-state index is 13.4. The van der Waals surface area contributed by atoms with Crippen molar-refractivity contribution in [3.8, 4) is 6.07 Å². The minimum absolute atomic E-state index is 0.117. The number of benzene rings is 1. The van der Waals surface area contributed by atoms with Crippen molar-refractivity contribution in [3.05, 3.63) is 35.1 Å². The van der Waals surface area contributed by atoms with Gasteiger partial charge in [-0.05, 0) is 24.6 Å². The van der Waals surface area contributed by atoms with Gasteiger partial charge in [0.15, 0.2) is 0 Å². The Kier molecular flexibility index (Phi) is 5.81. The average molecular weight is 249 g/mol. The molecule has 1 rings (SSSR count). The number of halogens is 1. The lowest BCUT2D eigenvalue weighted by Crippen LogP contribution is -2.34. The van der Waals surface area contributed by atoms with Gasteiger partial charge in [-0.15, -0.1) is 0 Å². The van der Waals surface area contributed by atoms with Crippen molar-refractivity contribution >= 4 is 5.91 Å². The van der Waals surface area contributed by atoms with Gasteiger partial charge in [-0.2, -0.15) is 5.26 Å². The summed E-state index contributed by atoms with van der Waals surface area (Å²) in [7, 11) is 0. The van der Waals surface area contributed by atoms with Crippen LogP contribution in [0.4, 0.5) is 4.39 Å². The molecule has 0 radical (unpaired) electrons. The van der Waals surface area contributed by atoms with Gasteiger partial charge in [-0.3, -0.25) is 4.79 Å². The van der Waals surface area contributed by atoms with Crippen LogP contribution in [-0.4, -0.2) is 19.0 Å². The topological polar surface area (TPSA) is 64.9 Å². The quantitative estimate of drug-likeness (QED) is 0.799. The summed E-state index contributed by atoms with van der Waals surface area (Å²) in [5.41, 5.74) is 0.793. The second kappa shape index (κ2) is 7.41. The molecule has 0 unspecified atom stereocenters. The van der Waals surface area contributed by atoms with Crippen LogP contribution in [0.25, 0.3) is 0 Å². The van der Waals surface area contributed by atoms with Crippen molar-refractivity contribution in [1.82, 2.24) is 10.6 Å². The molecule has 1 aromatic rings. The predicted molar refractivity (Wildman–Crippen MR) is 66.1 cm³/mol. The third-order valence-corrected chi connectivity index (χ3v) is 2.35. The van der Waals surface area contributed by atoms with Crippen molar-refractivity contribution in [2.24, 2.45) is 0 Å². The van der Waals surface area contributed by atoms with Crippen molar-refractivity contribution in [2.75, 3.05) is 13.1 Å². The Morgan fingerprint density at radius 2 is 2.28 bits per heavy atom. The van der Waals surface area contributed by atoms with E-state index in [9.17, 15) is 9.18 Å². The highest BCUT2D eigenvalue weighted by molar-refractivity contribution is 5.77. The molecule has 96 valence electrons. The average Bonchev–Trinajstić information content (AvgIpc) is 2.38. The first-order chi connectivity index (χ1) is 8.67. The highest BCUT2D eigenvalue weighted by Gasteiger charge is 2.04. The van der Waals surface area contributed by atoms with Gasteiger partial charge < -0.3 is 10.6 Å². The maximum atomic E-state index is 13.4. The van der Waals surface area contributed by atoms with E-state index in [-0.39, 0.29) is 24.8 Å². The number of carbonyl (C=O) groups excluding carboxylic acids is 1. The molecule has 2 N–H and O–H groups in total.